The van der Waals surface area contributed by atoms with Crippen LogP contribution >= 0.6 is 11.8 Å². The number of rotatable bonds is 7. The fourth-order valence-corrected chi connectivity index (χ4v) is 3.41. The lowest BCUT2D eigenvalue weighted by Gasteiger charge is -2.36. The Balaban J connectivity index is 2.13. The first-order valence-corrected chi connectivity index (χ1v) is 7.91. The largest absolute Gasteiger partial charge is 0.359 e. The molecule has 0 aromatic carbocycles. The standard InChI is InChI=1S/C13H26N2OS/c1-14-12(16)7-6-10-15-11-13(17-2)8-4-3-5-9-13/h15H,3-11H2,1-2H3,(H,14,16). The third kappa shape index (κ3) is 5.30. The minimum atomic E-state index is 0.143. The van der Waals surface area contributed by atoms with Crippen LogP contribution in [0, 0.1) is 0 Å². The van der Waals surface area contributed by atoms with Gasteiger partial charge in [-0.15, -0.1) is 0 Å². The van der Waals surface area contributed by atoms with Crippen LogP contribution in [-0.4, -0.2) is 37.0 Å². The van der Waals surface area contributed by atoms with E-state index in [0.29, 0.717) is 11.2 Å². The molecule has 1 aliphatic carbocycles. The van der Waals surface area contributed by atoms with Crippen molar-refractivity contribution in [3.8, 4) is 0 Å². The number of carbonyl (C=O) groups is 1. The van der Waals surface area contributed by atoms with Crippen molar-refractivity contribution >= 4 is 17.7 Å². The van der Waals surface area contributed by atoms with Gasteiger partial charge in [-0.05, 0) is 32.1 Å². The highest BCUT2D eigenvalue weighted by molar-refractivity contribution is 8.00. The topological polar surface area (TPSA) is 41.1 Å². The molecule has 0 unspecified atom stereocenters. The summed E-state index contributed by atoms with van der Waals surface area (Å²) in [4.78, 5) is 11.1. The molecule has 0 saturated heterocycles. The summed E-state index contributed by atoms with van der Waals surface area (Å²) in [5.41, 5.74) is 0. The zero-order valence-corrected chi connectivity index (χ0v) is 12.0. The highest BCUT2D eigenvalue weighted by atomic mass is 32.2. The van der Waals surface area contributed by atoms with Gasteiger partial charge in [-0.25, -0.2) is 0 Å². The third-order valence-electron chi connectivity index (χ3n) is 3.68. The van der Waals surface area contributed by atoms with E-state index in [-0.39, 0.29) is 5.91 Å². The minimum Gasteiger partial charge on any atom is -0.359 e. The molecule has 0 radical (unpaired) electrons. The molecule has 0 spiro atoms. The van der Waals surface area contributed by atoms with Gasteiger partial charge in [0.25, 0.3) is 0 Å². The van der Waals surface area contributed by atoms with Gasteiger partial charge in [0.2, 0.25) is 5.91 Å². The molecule has 0 bridgehead atoms. The number of amides is 1. The molecule has 1 fully saturated rings. The molecule has 0 heterocycles. The van der Waals surface area contributed by atoms with Gasteiger partial charge in [-0.2, -0.15) is 11.8 Å². The number of thioether (sulfide) groups is 1. The number of carbonyl (C=O) groups excluding carboxylic acids is 1. The van der Waals surface area contributed by atoms with E-state index >= 15 is 0 Å². The van der Waals surface area contributed by atoms with Gasteiger partial charge >= 0.3 is 0 Å². The molecule has 0 aromatic rings. The summed E-state index contributed by atoms with van der Waals surface area (Å²) in [6.07, 6.45) is 10.6. The predicted octanol–water partition coefficient (Wildman–Crippen LogP) is 2.17. The van der Waals surface area contributed by atoms with Crippen LogP contribution in [-0.2, 0) is 4.79 Å². The summed E-state index contributed by atoms with van der Waals surface area (Å²) in [6.45, 7) is 2.05. The lowest BCUT2D eigenvalue weighted by molar-refractivity contribution is -0.120. The van der Waals surface area contributed by atoms with E-state index in [1.54, 1.807) is 7.05 Å². The summed E-state index contributed by atoms with van der Waals surface area (Å²) < 4.78 is 0.464. The van der Waals surface area contributed by atoms with Crippen molar-refractivity contribution in [2.75, 3.05) is 26.4 Å². The Morgan fingerprint density at radius 3 is 2.59 bits per heavy atom. The van der Waals surface area contributed by atoms with Gasteiger partial charge in [-0.1, -0.05) is 19.3 Å². The minimum absolute atomic E-state index is 0.143. The maximum Gasteiger partial charge on any atom is 0.219 e. The van der Waals surface area contributed by atoms with E-state index in [9.17, 15) is 4.79 Å². The molecule has 1 saturated carbocycles. The molecule has 0 aromatic heterocycles. The molecule has 4 heteroatoms. The molecule has 1 amide bonds. The van der Waals surface area contributed by atoms with Crippen LogP contribution in [0.1, 0.15) is 44.9 Å². The van der Waals surface area contributed by atoms with Crippen molar-refractivity contribution in [2.45, 2.75) is 49.7 Å². The number of nitrogens with one attached hydrogen (secondary N) is 2. The normalized spacial score (nSPS) is 18.9. The molecule has 17 heavy (non-hydrogen) atoms. The Hall–Kier alpha value is -0.220. The molecule has 2 N–H and O–H groups in total. The number of hydrogen-bond donors (Lipinski definition) is 2. The monoisotopic (exact) mass is 258 g/mol. The molecule has 1 aliphatic rings. The summed E-state index contributed by atoms with van der Waals surface area (Å²) in [7, 11) is 1.69. The smallest absolute Gasteiger partial charge is 0.219 e. The summed E-state index contributed by atoms with van der Waals surface area (Å²) in [5.74, 6) is 0.143. The summed E-state index contributed by atoms with van der Waals surface area (Å²) in [6, 6.07) is 0. The third-order valence-corrected chi connectivity index (χ3v) is 5.10. The van der Waals surface area contributed by atoms with Crippen molar-refractivity contribution in [3.63, 3.8) is 0 Å². The highest BCUT2D eigenvalue weighted by Crippen LogP contribution is 2.37. The zero-order chi connectivity index (χ0) is 12.6. The van der Waals surface area contributed by atoms with E-state index < -0.39 is 0 Å². The lowest BCUT2D eigenvalue weighted by atomic mass is 9.88. The van der Waals surface area contributed by atoms with Crippen LogP contribution in [0.4, 0.5) is 0 Å². The highest BCUT2D eigenvalue weighted by Gasteiger charge is 2.30. The second-order valence-electron chi connectivity index (χ2n) is 4.90. The van der Waals surface area contributed by atoms with Crippen molar-refractivity contribution in [2.24, 2.45) is 0 Å². The molecule has 100 valence electrons. The Morgan fingerprint density at radius 2 is 2.00 bits per heavy atom. The molecule has 0 atom stereocenters. The van der Waals surface area contributed by atoms with Crippen molar-refractivity contribution in [1.29, 1.82) is 0 Å². The maximum absolute atomic E-state index is 11.1. The van der Waals surface area contributed by atoms with Crippen molar-refractivity contribution in [3.05, 3.63) is 0 Å². The van der Waals surface area contributed by atoms with Gasteiger partial charge in [0, 0.05) is 24.8 Å². The van der Waals surface area contributed by atoms with Crippen LogP contribution in [0.15, 0.2) is 0 Å². The van der Waals surface area contributed by atoms with Crippen molar-refractivity contribution in [1.82, 2.24) is 10.6 Å². The Kier molecular flexibility index (Phi) is 6.97. The van der Waals surface area contributed by atoms with E-state index in [4.69, 9.17) is 0 Å². The van der Waals surface area contributed by atoms with Crippen LogP contribution < -0.4 is 10.6 Å². The number of hydrogen-bond acceptors (Lipinski definition) is 3. The molecule has 3 nitrogen and oxygen atoms in total. The van der Waals surface area contributed by atoms with Crippen LogP contribution in [0.5, 0.6) is 0 Å². The summed E-state index contributed by atoms with van der Waals surface area (Å²) in [5, 5.41) is 6.18. The van der Waals surface area contributed by atoms with Gasteiger partial charge in [0.15, 0.2) is 0 Å². The average molecular weight is 258 g/mol. The van der Waals surface area contributed by atoms with Gasteiger partial charge in [0.05, 0.1) is 0 Å². The van der Waals surface area contributed by atoms with Crippen LogP contribution in [0.3, 0.4) is 0 Å². The quantitative estimate of drug-likeness (QED) is 0.688. The Morgan fingerprint density at radius 1 is 1.29 bits per heavy atom. The van der Waals surface area contributed by atoms with Gasteiger partial charge < -0.3 is 10.6 Å². The maximum atomic E-state index is 11.1. The molecular weight excluding hydrogens is 232 g/mol. The Bertz CT molecular complexity index is 227. The second-order valence-corrected chi connectivity index (χ2v) is 6.18. The van der Waals surface area contributed by atoms with E-state index in [0.717, 1.165) is 19.5 Å². The Labute approximate surface area is 109 Å². The zero-order valence-electron chi connectivity index (χ0n) is 11.2. The first kappa shape index (κ1) is 14.8. The van der Waals surface area contributed by atoms with Crippen LogP contribution in [0.25, 0.3) is 0 Å². The van der Waals surface area contributed by atoms with Gasteiger partial charge in [0.1, 0.15) is 0 Å². The average Bonchev–Trinajstić information content (AvgIpc) is 2.39. The molecular formula is C13H26N2OS. The fourth-order valence-electron chi connectivity index (χ4n) is 2.46. The van der Waals surface area contributed by atoms with Crippen LogP contribution in [0.2, 0.25) is 0 Å². The van der Waals surface area contributed by atoms with E-state index in [2.05, 4.69) is 16.9 Å². The first-order chi connectivity index (χ1) is 8.22. The molecule has 0 aliphatic heterocycles. The van der Waals surface area contributed by atoms with Crippen molar-refractivity contribution < 1.29 is 4.79 Å². The van der Waals surface area contributed by atoms with Gasteiger partial charge in [-0.3, -0.25) is 4.79 Å². The van der Waals surface area contributed by atoms with E-state index in [1.807, 2.05) is 11.8 Å². The SMILES string of the molecule is CNC(=O)CCCNCC1(SC)CCCCC1. The molecule has 1 rings (SSSR count). The lowest BCUT2D eigenvalue weighted by Crippen LogP contribution is -2.39. The predicted molar refractivity (Wildman–Crippen MR) is 75.5 cm³/mol. The second kappa shape index (κ2) is 7.98. The summed E-state index contributed by atoms with van der Waals surface area (Å²) >= 11 is 2.02. The fraction of sp³-hybridized carbons (Fsp3) is 0.923. The van der Waals surface area contributed by atoms with E-state index in [1.165, 1.54) is 32.1 Å². The first-order valence-electron chi connectivity index (χ1n) is 6.69.